The molecule has 1 rings (SSSR count). The van der Waals surface area contributed by atoms with Crippen molar-refractivity contribution in [2.45, 2.75) is 6.92 Å². The average Bonchev–Trinajstić information content (AvgIpc) is 2.21. The Labute approximate surface area is 91.1 Å². The summed E-state index contributed by atoms with van der Waals surface area (Å²) in [6.45, 7) is 2.70. The zero-order valence-corrected chi connectivity index (χ0v) is 9.41. The minimum Gasteiger partial charge on any atom is -0.468 e. The fourth-order valence-electron chi connectivity index (χ4n) is 0.895. The normalized spacial score (nSPS) is 9.86. The summed E-state index contributed by atoms with van der Waals surface area (Å²) in [5.74, 6) is 0.628. The van der Waals surface area contributed by atoms with E-state index in [9.17, 15) is 4.79 Å². The summed E-state index contributed by atoms with van der Waals surface area (Å²) < 4.78 is 11.0. The molecule has 0 aliphatic heterocycles. The van der Waals surface area contributed by atoms with Crippen molar-refractivity contribution in [3.8, 4) is 5.75 Å². The van der Waals surface area contributed by atoms with Crippen LogP contribution in [0.4, 0.5) is 0 Å². The van der Waals surface area contributed by atoms with Crippen molar-refractivity contribution >= 4 is 22.2 Å². The largest absolute Gasteiger partial charge is 0.468 e. The fraction of sp³-hybridized carbons (Fsp3) is 0.300. The molecule has 0 aliphatic carbocycles. The SMILES string of the molecule is CCOCOc1ccc(Br)c(C=O)c1. The zero-order valence-electron chi connectivity index (χ0n) is 7.83. The van der Waals surface area contributed by atoms with Gasteiger partial charge in [0.1, 0.15) is 5.75 Å². The lowest BCUT2D eigenvalue weighted by atomic mass is 10.2. The lowest BCUT2D eigenvalue weighted by Gasteiger charge is -2.06. The number of halogens is 1. The molecule has 0 saturated carbocycles. The summed E-state index contributed by atoms with van der Waals surface area (Å²) in [4.78, 5) is 10.6. The Bertz CT molecular complexity index is 312. The molecule has 0 saturated heterocycles. The Balaban J connectivity index is 2.64. The van der Waals surface area contributed by atoms with Crippen molar-refractivity contribution in [3.63, 3.8) is 0 Å². The van der Waals surface area contributed by atoms with Gasteiger partial charge in [-0.2, -0.15) is 0 Å². The van der Waals surface area contributed by atoms with E-state index in [0.29, 0.717) is 17.9 Å². The van der Waals surface area contributed by atoms with E-state index in [2.05, 4.69) is 15.9 Å². The molecule has 3 nitrogen and oxygen atoms in total. The highest BCUT2D eigenvalue weighted by Gasteiger charge is 2.00. The van der Waals surface area contributed by atoms with Crippen LogP contribution in [-0.4, -0.2) is 19.7 Å². The predicted molar refractivity (Wildman–Crippen MR) is 56.7 cm³/mol. The van der Waals surface area contributed by atoms with Gasteiger partial charge in [-0.3, -0.25) is 4.79 Å². The molecule has 1 aromatic carbocycles. The van der Waals surface area contributed by atoms with Crippen molar-refractivity contribution in [2.75, 3.05) is 13.4 Å². The first-order chi connectivity index (χ1) is 6.77. The smallest absolute Gasteiger partial charge is 0.189 e. The fourth-order valence-corrected chi connectivity index (χ4v) is 1.24. The zero-order chi connectivity index (χ0) is 10.4. The molecule has 0 fully saturated rings. The Morgan fingerprint density at radius 3 is 2.93 bits per heavy atom. The Morgan fingerprint density at radius 1 is 1.50 bits per heavy atom. The van der Waals surface area contributed by atoms with E-state index in [-0.39, 0.29) is 6.79 Å². The maximum Gasteiger partial charge on any atom is 0.189 e. The van der Waals surface area contributed by atoms with E-state index < -0.39 is 0 Å². The maximum atomic E-state index is 10.6. The average molecular weight is 259 g/mol. The number of rotatable bonds is 5. The van der Waals surface area contributed by atoms with E-state index in [0.717, 1.165) is 10.8 Å². The molecule has 0 spiro atoms. The van der Waals surface area contributed by atoms with Crippen molar-refractivity contribution in [3.05, 3.63) is 28.2 Å². The van der Waals surface area contributed by atoms with E-state index in [1.807, 2.05) is 6.92 Å². The van der Waals surface area contributed by atoms with Gasteiger partial charge in [-0.15, -0.1) is 0 Å². The van der Waals surface area contributed by atoms with E-state index in [4.69, 9.17) is 9.47 Å². The first kappa shape index (κ1) is 11.2. The van der Waals surface area contributed by atoms with Gasteiger partial charge in [0.15, 0.2) is 13.1 Å². The van der Waals surface area contributed by atoms with Crippen LogP contribution in [0.1, 0.15) is 17.3 Å². The van der Waals surface area contributed by atoms with Crippen LogP contribution in [0.2, 0.25) is 0 Å². The van der Waals surface area contributed by atoms with Crippen LogP contribution in [0.5, 0.6) is 5.75 Å². The van der Waals surface area contributed by atoms with Gasteiger partial charge in [-0.05, 0) is 25.1 Å². The van der Waals surface area contributed by atoms with Crippen LogP contribution in [0.15, 0.2) is 22.7 Å². The Kier molecular flexibility index (Phi) is 4.62. The molecule has 4 heteroatoms. The van der Waals surface area contributed by atoms with Crippen molar-refractivity contribution in [1.82, 2.24) is 0 Å². The van der Waals surface area contributed by atoms with Crippen molar-refractivity contribution in [1.29, 1.82) is 0 Å². The molecule has 0 aliphatic rings. The van der Waals surface area contributed by atoms with E-state index in [1.54, 1.807) is 18.2 Å². The summed E-state index contributed by atoms with van der Waals surface area (Å²) >= 11 is 3.25. The molecular formula is C10H11BrO3. The summed E-state index contributed by atoms with van der Waals surface area (Å²) in [5, 5.41) is 0. The molecule has 0 radical (unpaired) electrons. The summed E-state index contributed by atoms with van der Waals surface area (Å²) in [6, 6.07) is 5.21. The molecule has 14 heavy (non-hydrogen) atoms. The first-order valence-electron chi connectivity index (χ1n) is 4.23. The molecule has 0 aromatic heterocycles. The number of carbonyl (C=O) groups is 1. The van der Waals surface area contributed by atoms with Gasteiger partial charge >= 0.3 is 0 Å². The standard InChI is InChI=1S/C10H11BrO3/c1-2-13-7-14-9-3-4-10(11)8(5-9)6-12/h3-6H,2,7H2,1H3. The highest BCUT2D eigenvalue weighted by Crippen LogP contribution is 2.20. The molecule has 0 atom stereocenters. The number of benzene rings is 1. The molecule has 76 valence electrons. The van der Waals surface area contributed by atoms with Gasteiger partial charge in [-0.25, -0.2) is 0 Å². The maximum absolute atomic E-state index is 10.6. The number of carbonyl (C=O) groups excluding carboxylic acids is 1. The van der Waals surface area contributed by atoms with Gasteiger partial charge < -0.3 is 9.47 Å². The number of hydrogen-bond acceptors (Lipinski definition) is 3. The monoisotopic (exact) mass is 258 g/mol. The number of hydrogen-bond donors (Lipinski definition) is 0. The van der Waals surface area contributed by atoms with Gasteiger partial charge in [0.05, 0.1) is 0 Å². The van der Waals surface area contributed by atoms with Crippen LogP contribution in [-0.2, 0) is 4.74 Å². The van der Waals surface area contributed by atoms with Crippen molar-refractivity contribution < 1.29 is 14.3 Å². The van der Waals surface area contributed by atoms with E-state index in [1.165, 1.54) is 0 Å². The highest BCUT2D eigenvalue weighted by molar-refractivity contribution is 9.10. The lowest BCUT2D eigenvalue weighted by molar-refractivity contribution is 0.0223. The van der Waals surface area contributed by atoms with Gasteiger partial charge in [0.2, 0.25) is 0 Å². The highest BCUT2D eigenvalue weighted by atomic mass is 79.9. The minimum atomic E-state index is 0.205. The molecule has 0 amide bonds. The summed E-state index contributed by atoms with van der Waals surface area (Å²) in [7, 11) is 0. The first-order valence-corrected chi connectivity index (χ1v) is 5.02. The van der Waals surface area contributed by atoms with Gasteiger partial charge in [0, 0.05) is 16.6 Å². The molecule has 0 bridgehead atoms. The lowest BCUT2D eigenvalue weighted by Crippen LogP contribution is -2.02. The Hall–Kier alpha value is -0.870. The minimum absolute atomic E-state index is 0.205. The van der Waals surface area contributed by atoms with Crippen LogP contribution >= 0.6 is 15.9 Å². The second-order valence-electron chi connectivity index (χ2n) is 2.56. The third kappa shape index (κ3) is 3.12. The second kappa shape index (κ2) is 5.78. The molecular weight excluding hydrogens is 248 g/mol. The second-order valence-corrected chi connectivity index (χ2v) is 3.41. The van der Waals surface area contributed by atoms with Crippen LogP contribution in [0.25, 0.3) is 0 Å². The van der Waals surface area contributed by atoms with Crippen molar-refractivity contribution in [2.24, 2.45) is 0 Å². The van der Waals surface area contributed by atoms with Gasteiger partial charge in [0.25, 0.3) is 0 Å². The third-order valence-electron chi connectivity index (χ3n) is 1.61. The molecule has 0 heterocycles. The van der Waals surface area contributed by atoms with Crippen LogP contribution < -0.4 is 4.74 Å². The quantitative estimate of drug-likeness (QED) is 0.463. The molecule has 0 N–H and O–H groups in total. The van der Waals surface area contributed by atoms with E-state index >= 15 is 0 Å². The van der Waals surface area contributed by atoms with Crippen LogP contribution in [0.3, 0.4) is 0 Å². The number of aldehydes is 1. The van der Waals surface area contributed by atoms with Gasteiger partial charge in [-0.1, -0.05) is 15.9 Å². The summed E-state index contributed by atoms with van der Waals surface area (Å²) in [5.41, 5.74) is 0.569. The Morgan fingerprint density at radius 2 is 2.29 bits per heavy atom. The third-order valence-corrected chi connectivity index (χ3v) is 2.33. The van der Waals surface area contributed by atoms with Crippen LogP contribution in [0, 0.1) is 0 Å². The molecule has 0 unspecified atom stereocenters. The molecule has 1 aromatic rings. The number of ether oxygens (including phenoxy) is 2. The predicted octanol–water partition coefficient (Wildman–Crippen LogP) is 2.63. The topological polar surface area (TPSA) is 35.5 Å². The summed E-state index contributed by atoms with van der Waals surface area (Å²) in [6.07, 6.45) is 0.775.